The molecule has 0 amide bonds. The van der Waals surface area contributed by atoms with Crippen LogP contribution in [0.5, 0.6) is 5.75 Å². The normalized spacial score (nSPS) is 13.9. The van der Waals surface area contributed by atoms with Crippen molar-refractivity contribution in [2.75, 3.05) is 12.3 Å². The highest BCUT2D eigenvalue weighted by Gasteiger charge is 2.28. The van der Waals surface area contributed by atoms with Crippen LogP contribution in [0.25, 0.3) is 17.2 Å². The van der Waals surface area contributed by atoms with Crippen molar-refractivity contribution in [1.82, 2.24) is 24.6 Å². The molecule has 2 heterocycles. The standard InChI is InChI=1S/C25H27N6O5P/c1-3-35-24(33)17(2)30-37(34,36-20-11-5-4-6-12-20)14-13-18-9-7-8-10-19(18)15-31-16-27-21-22(31)28-25(26)29-23(21)32/h4-14,16-17H,3,15H2,1-2H3,(H,30,34)(H3,26,28,29,32)/b14-13+. The molecule has 2 aromatic carbocycles. The van der Waals surface area contributed by atoms with Gasteiger partial charge in [-0.15, -0.1) is 0 Å². The summed E-state index contributed by atoms with van der Waals surface area (Å²) in [6.07, 6.45) is 3.18. The molecular weight excluding hydrogens is 495 g/mol. The average Bonchev–Trinajstić information content (AvgIpc) is 3.27. The van der Waals surface area contributed by atoms with E-state index in [2.05, 4.69) is 20.0 Å². The second-order valence-corrected chi connectivity index (χ2v) is 10.0. The highest BCUT2D eigenvalue weighted by molar-refractivity contribution is 7.60. The van der Waals surface area contributed by atoms with Crippen molar-refractivity contribution in [1.29, 1.82) is 0 Å². The Morgan fingerprint density at radius 1 is 1.22 bits per heavy atom. The van der Waals surface area contributed by atoms with E-state index in [1.54, 1.807) is 48.8 Å². The van der Waals surface area contributed by atoms with E-state index >= 15 is 0 Å². The number of rotatable bonds is 10. The quantitative estimate of drug-likeness (QED) is 0.210. The van der Waals surface area contributed by atoms with Gasteiger partial charge in [-0.25, -0.2) is 10.1 Å². The van der Waals surface area contributed by atoms with Gasteiger partial charge in [-0.3, -0.25) is 19.1 Å². The molecule has 0 fully saturated rings. The summed E-state index contributed by atoms with van der Waals surface area (Å²) in [6.45, 7) is 3.78. The topological polar surface area (TPSA) is 154 Å². The molecule has 0 bridgehead atoms. The van der Waals surface area contributed by atoms with Gasteiger partial charge in [-0.2, -0.15) is 4.98 Å². The van der Waals surface area contributed by atoms with Gasteiger partial charge in [0.25, 0.3) is 5.56 Å². The van der Waals surface area contributed by atoms with Crippen LogP contribution in [0.3, 0.4) is 0 Å². The summed E-state index contributed by atoms with van der Waals surface area (Å²) >= 11 is 0. The summed E-state index contributed by atoms with van der Waals surface area (Å²) < 4.78 is 26.4. The maximum atomic E-state index is 13.8. The number of carbonyl (C=O) groups excluding carboxylic acids is 1. The van der Waals surface area contributed by atoms with Crippen molar-refractivity contribution < 1.29 is 18.6 Å². The summed E-state index contributed by atoms with van der Waals surface area (Å²) in [4.78, 5) is 35.1. The third-order valence-electron chi connectivity index (χ3n) is 5.34. The number of carbonyl (C=O) groups is 1. The van der Waals surface area contributed by atoms with Crippen LogP contribution >= 0.6 is 7.52 Å². The number of H-pyrrole nitrogens is 1. The number of nitrogens with two attached hydrogens (primary N) is 1. The van der Waals surface area contributed by atoms with Crippen LogP contribution in [0, 0.1) is 0 Å². The third-order valence-corrected chi connectivity index (χ3v) is 7.11. The Kier molecular flexibility index (Phi) is 7.86. The number of aromatic amines is 1. The lowest BCUT2D eigenvalue weighted by Gasteiger charge is -2.21. The number of para-hydroxylation sites is 1. The number of nitrogens with one attached hydrogen (secondary N) is 2. The van der Waals surface area contributed by atoms with Crippen LogP contribution in [0.4, 0.5) is 5.95 Å². The third kappa shape index (κ3) is 6.32. The van der Waals surface area contributed by atoms with E-state index in [1.165, 1.54) is 12.1 Å². The first-order valence-corrected chi connectivity index (χ1v) is 13.2. The molecule has 37 heavy (non-hydrogen) atoms. The number of ether oxygens (including phenoxy) is 1. The van der Waals surface area contributed by atoms with Crippen molar-refractivity contribution >= 4 is 36.7 Å². The minimum atomic E-state index is -3.71. The van der Waals surface area contributed by atoms with Crippen LogP contribution in [0.1, 0.15) is 25.0 Å². The number of imidazole rings is 1. The zero-order valence-electron chi connectivity index (χ0n) is 20.3. The summed E-state index contributed by atoms with van der Waals surface area (Å²) in [6, 6.07) is 15.3. The van der Waals surface area contributed by atoms with Crippen molar-refractivity contribution in [2.24, 2.45) is 0 Å². The molecule has 0 aliphatic rings. The Balaban J connectivity index is 1.65. The second-order valence-electron chi connectivity index (χ2n) is 8.11. The summed E-state index contributed by atoms with van der Waals surface area (Å²) in [5.41, 5.74) is 7.40. The number of fused-ring (bicyclic) bond motifs is 1. The van der Waals surface area contributed by atoms with E-state index in [1.807, 2.05) is 30.3 Å². The summed E-state index contributed by atoms with van der Waals surface area (Å²) in [5.74, 6) is 1.25. The number of hydrogen-bond acceptors (Lipinski definition) is 8. The van der Waals surface area contributed by atoms with E-state index in [0.29, 0.717) is 17.9 Å². The lowest BCUT2D eigenvalue weighted by molar-refractivity contribution is -0.144. The molecular formula is C25H27N6O5P. The van der Waals surface area contributed by atoms with Crippen molar-refractivity contribution in [3.63, 3.8) is 0 Å². The van der Waals surface area contributed by atoms with Crippen molar-refractivity contribution in [3.8, 4) is 5.75 Å². The second kappa shape index (κ2) is 11.2. The number of aromatic nitrogens is 4. The summed E-state index contributed by atoms with van der Waals surface area (Å²) in [7, 11) is -3.71. The fourth-order valence-corrected chi connectivity index (χ4v) is 5.25. The van der Waals surface area contributed by atoms with Gasteiger partial charge in [0.2, 0.25) is 5.95 Å². The molecule has 192 valence electrons. The zero-order chi connectivity index (χ0) is 26.4. The molecule has 4 aromatic rings. The average molecular weight is 523 g/mol. The molecule has 0 saturated heterocycles. The molecule has 4 rings (SSSR count). The Hall–Kier alpha value is -4.21. The predicted octanol–water partition coefficient (Wildman–Crippen LogP) is 3.53. The monoisotopic (exact) mass is 522 g/mol. The molecule has 0 radical (unpaired) electrons. The predicted molar refractivity (Wildman–Crippen MR) is 141 cm³/mol. The van der Waals surface area contributed by atoms with Gasteiger partial charge >= 0.3 is 13.5 Å². The van der Waals surface area contributed by atoms with Crippen LogP contribution in [0.2, 0.25) is 0 Å². The lowest BCUT2D eigenvalue weighted by atomic mass is 10.1. The van der Waals surface area contributed by atoms with Crippen LogP contribution in [-0.4, -0.2) is 38.1 Å². The van der Waals surface area contributed by atoms with Crippen molar-refractivity contribution in [2.45, 2.75) is 26.4 Å². The Morgan fingerprint density at radius 3 is 2.70 bits per heavy atom. The summed E-state index contributed by atoms with van der Waals surface area (Å²) in [5, 5.41) is 2.79. The van der Waals surface area contributed by atoms with E-state index in [0.717, 1.165) is 11.1 Å². The maximum Gasteiger partial charge on any atom is 0.340 e. The van der Waals surface area contributed by atoms with Gasteiger partial charge in [0.15, 0.2) is 11.2 Å². The van der Waals surface area contributed by atoms with Crippen LogP contribution in [0.15, 0.2) is 71.5 Å². The fraction of sp³-hybridized carbons (Fsp3) is 0.200. The minimum Gasteiger partial charge on any atom is -0.465 e. The molecule has 11 nitrogen and oxygen atoms in total. The van der Waals surface area contributed by atoms with Crippen LogP contribution in [-0.2, 0) is 20.6 Å². The first-order chi connectivity index (χ1) is 17.8. The zero-order valence-corrected chi connectivity index (χ0v) is 21.2. The first-order valence-electron chi connectivity index (χ1n) is 11.5. The van der Waals surface area contributed by atoms with Gasteiger partial charge in [-0.1, -0.05) is 42.5 Å². The largest absolute Gasteiger partial charge is 0.465 e. The van der Waals surface area contributed by atoms with Gasteiger partial charge < -0.3 is 19.6 Å². The number of hydrogen-bond donors (Lipinski definition) is 3. The number of anilines is 1. The van der Waals surface area contributed by atoms with Gasteiger partial charge in [0, 0.05) is 5.82 Å². The number of benzene rings is 2. The van der Waals surface area contributed by atoms with Gasteiger partial charge in [0.05, 0.1) is 19.5 Å². The molecule has 12 heteroatoms. The molecule has 2 aromatic heterocycles. The number of nitrogen functional groups attached to an aromatic ring is 1. The fourth-order valence-electron chi connectivity index (χ4n) is 3.62. The number of esters is 1. The first kappa shape index (κ1) is 25.9. The molecule has 2 unspecified atom stereocenters. The Labute approximate surface area is 212 Å². The van der Waals surface area contributed by atoms with E-state index in [4.69, 9.17) is 15.0 Å². The molecule has 4 N–H and O–H groups in total. The molecule has 2 atom stereocenters. The highest BCUT2D eigenvalue weighted by atomic mass is 31.2. The van der Waals surface area contributed by atoms with E-state index in [-0.39, 0.29) is 18.1 Å². The molecule has 0 aliphatic heterocycles. The molecule has 0 aliphatic carbocycles. The highest BCUT2D eigenvalue weighted by Crippen LogP contribution is 2.46. The van der Waals surface area contributed by atoms with Crippen LogP contribution < -0.4 is 20.9 Å². The maximum absolute atomic E-state index is 13.8. The SMILES string of the molecule is CCOC(=O)C(C)NP(=O)(/C=C/c1ccccc1Cn1cnc2c(=O)[nH]c(N)nc21)Oc1ccccc1. The van der Waals surface area contributed by atoms with Gasteiger partial charge in [0.1, 0.15) is 11.8 Å². The number of nitrogens with zero attached hydrogens (tertiary/aromatic N) is 3. The van der Waals surface area contributed by atoms with Gasteiger partial charge in [-0.05, 0) is 43.2 Å². The minimum absolute atomic E-state index is 0.00627. The Morgan fingerprint density at radius 2 is 1.95 bits per heavy atom. The molecule has 0 spiro atoms. The lowest BCUT2D eigenvalue weighted by Crippen LogP contribution is -2.34. The van der Waals surface area contributed by atoms with Crippen molar-refractivity contribution in [3.05, 3.63) is 88.2 Å². The van der Waals surface area contributed by atoms with E-state index < -0.39 is 25.1 Å². The smallest absolute Gasteiger partial charge is 0.340 e. The molecule has 0 saturated carbocycles. The van der Waals surface area contributed by atoms with E-state index in [9.17, 15) is 14.2 Å². The Bertz CT molecular complexity index is 1530.